The maximum absolute atomic E-state index is 12.6. The molecule has 4 rings (SSSR count). The number of fused-ring (bicyclic) bond motifs is 1. The smallest absolute Gasteiger partial charge is 0.234 e. The average molecular weight is 395 g/mol. The fourth-order valence-corrected chi connectivity index (χ4v) is 4.81. The van der Waals surface area contributed by atoms with Crippen LogP contribution in [-0.4, -0.2) is 35.9 Å². The van der Waals surface area contributed by atoms with Crippen LogP contribution in [0.3, 0.4) is 0 Å². The minimum absolute atomic E-state index is 0.0805. The van der Waals surface area contributed by atoms with Crippen molar-refractivity contribution in [2.24, 2.45) is 0 Å². The molecular formula is C22H21NO4S. The standard InChI is InChI=1S/C22H21NO4S/c1-26-19-10-8-17(15-5-3-4-6-16(15)19)22-23(21(25)13-28-22)12-14-7-9-18(24)20(11-14)27-2/h3-11,22,24H,12-13H2,1-2H3. The molecule has 1 atom stereocenters. The van der Waals surface area contributed by atoms with Crippen molar-refractivity contribution >= 4 is 28.4 Å². The van der Waals surface area contributed by atoms with Crippen molar-refractivity contribution in [1.29, 1.82) is 0 Å². The van der Waals surface area contributed by atoms with Crippen molar-refractivity contribution in [3.63, 3.8) is 0 Å². The summed E-state index contributed by atoms with van der Waals surface area (Å²) in [6, 6.07) is 17.3. The van der Waals surface area contributed by atoms with Crippen LogP contribution in [0.4, 0.5) is 0 Å². The third kappa shape index (κ3) is 3.24. The van der Waals surface area contributed by atoms with E-state index in [0.717, 1.165) is 27.6 Å². The maximum atomic E-state index is 12.6. The van der Waals surface area contributed by atoms with Crippen LogP contribution in [0, 0.1) is 0 Å². The Morgan fingerprint density at radius 2 is 1.79 bits per heavy atom. The van der Waals surface area contributed by atoms with Gasteiger partial charge >= 0.3 is 0 Å². The maximum Gasteiger partial charge on any atom is 0.234 e. The topological polar surface area (TPSA) is 59.0 Å². The number of aromatic hydroxyl groups is 1. The Kier molecular flexibility index (Phi) is 5.05. The molecule has 0 spiro atoms. The molecule has 1 N–H and O–H groups in total. The molecule has 0 bridgehead atoms. The summed E-state index contributed by atoms with van der Waals surface area (Å²) in [5.74, 6) is 1.86. The van der Waals surface area contributed by atoms with E-state index in [4.69, 9.17) is 9.47 Å². The molecule has 1 amide bonds. The Labute approximate surface area is 167 Å². The Morgan fingerprint density at radius 3 is 2.54 bits per heavy atom. The Hall–Kier alpha value is -2.86. The fraction of sp³-hybridized carbons (Fsp3) is 0.227. The molecule has 28 heavy (non-hydrogen) atoms. The largest absolute Gasteiger partial charge is 0.504 e. The Morgan fingerprint density at radius 1 is 1.04 bits per heavy atom. The Bertz CT molecular complexity index is 1040. The predicted molar refractivity (Wildman–Crippen MR) is 111 cm³/mol. The van der Waals surface area contributed by atoms with Gasteiger partial charge in [-0.3, -0.25) is 4.79 Å². The van der Waals surface area contributed by atoms with Crippen molar-refractivity contribution in [2.75, 3.05) is 20.0 Å². The number of phenolic OH excluding ortho intramolecular Hbond substituents is 1. The lowest BCUT2D eigenvalue weighted by Gasteiger charge is -2.26. The first-order chi connectivity index (χ1) is 13.6. The molecule has 0 radical (unpaired) electrons. The van der Waals surface area contributed by atoms with Crippen LogP contribution in [0.2, 0.25) is 0 Å². The van der Waals surface area contributed by atoms with Gasteiger partial charge in [-0.15, -0.1) is 11.8 Å². The number of carbonyl (C=O) groups excluding carboxylic acids is 1. The van der Waals surface area contributed by atoms with Gasteiger partial charge in [-0.1, -0.05) is 36.4 Å². The van der Waals surface area contributed by atoms with E-state index in [1.54, 1.807) is 31.0 Å². The highest BCUT2D eigenvalue weighted by Gasteiger charge is 2.34. The second-order valence-electron chi connectivity index (χ2n) is 6.59. The summed E-state index contributed by atoms with van der Waals surface area (Å²) in [6.07, 6.45) is 0. The number of hydrogen-bond acceptors (Lipinski definition) is 5. The van der Waals surface area contributed by atoms with Gasteiger partial charge in [0.1, 0.15) is 11.1 Å². The van der Waals surface area contributed by atoms with Crippen molar-refractivity contribution < 1.29 is 19.4 Å². The zero-order valence-electron chi connectivity index (χ0n) is 15.7. The summed E-state index contributed by atoms with van der Waals surface area (Å²) in [4.78, 5) is 14.5. The van der Waals surface area contributed by atoms with Crippen LogP contribution in [0.1, 0.15) is 16.5 Å². The van der Waals surface area contributed by atoms with Crippen molar-refractivity contribution in [2.45, 2.75) is 11.9 Å². The average Bonchev–Trinajstić information content (AvgIpc) is 3.08. The number of nitrogens with zero attached hydrogens (tertiary/aromatic N) is 1. The first-order valence-corrected chi connectivity index (χ1v) is 10.00. The van der Waals surface area contributed by atoms with Crippen molar-refractivity contribution in [1.82, 2.24) is 4.90 Å². The van der Waals surface area contributed by atoms with Crippen LogP contribution >= 0.6 is 11.8 Å². The normalized spacial score (nSPS) is 16.6. The lowest BCUT2D eigenvalue weighted by Crippen LogP contribution is -2.27. The molecule has 0 saturated carbocycles. The first-order valence-electron chi connectivity index (χ1n) is 8.95. The van der Waals surface area contributed by atoms with Gasteiger partial charge in [0.05, 0.1) is 20.0 Å². The van der Waals surface area contributed by atoms with Gasteiger partial charge in [0.15, 0.2) is 11.5 Å². The van der Waals surface area contributed by atoms with E-state index in [-0.39, 0.29) is 17.0 Å². The van der Waals surface area contributed by atoms with Gasteiger partial charge in [-0.05, 0) is 34.7 Å². The number of thioether (sulfide) groups is 1. The molecular weight excluding hydrogens is 374 g/mol. The van der Waals surface area contributed by atoms with Gasteiger partial charge in [0.2, 0.25) is 5.91 Å². The van der Waals surface area contributed by atoms with Gasteiger partial charge in [-0.2, -0.15) is 0 Å². The number of phenols is 1. The number of carbonyl (C=O) groups is 1. The van der Waals surface area contributed by atoms with Gasteiger partial charge < -0.3 is 19.5 Å². The van der Waals surface area contributed by atoms with Crippen LogP contribution in [-0.2, 0) is 11.3 Å². The van der Waals surface area contributed by atoms with E-state index in [2.05, 4.69) is 6.07 Å². The number of methoxy groups -OCH3 is 2. The van der Waals surface area contributed by atoms with Crippen LogP contribution in [0.15, 0.2) is 54.6 Å². The van der Waals surface area contributed by atoms with E-state index in [9.17, 15) is 9.90 Å². The molecule has 1 saturated heterocycles. The molecule has 0 aliphatic carbocycles. The van der Waals surface area contributed by atoms with E-state index in [1.165, 1.54) is 7.11 Å². The van der Waals surface area contributed by atoms with Crippen LogP contribution < -0.4 is 9.47 Å². The second-order valence-corrected chi connectivity index (χ2v) is 7.66. The minimum Gasteiger partial charge on any atom is -0.504 e. The first kappa shape index (κ1) is 18.5. The van der Waals surface area contributed by atoms with E-state index >= 15 is 0 Å². The monoisotopic (exact) mass is 395 g/mol. The summed E-state index contributed by atoms with van der Waals surface area (Å²) in [7, 11) is 3.18. The molecule has 144 valence electrons. The molecule has 1 fully saturated rings. The number of benzene rings is 3. The summed E-state index contributed by atoms with van der Waals surface area (Å²) in [5.41, 5.74) is 2.01. The quantitative estimate of drug-likeness (QED) is 0.697. The summed E-state index contributed by atoms with van der Waals surface area (Å²) >= 11 is 1.63. The van der Waals surface area contributed by atoms with E-state index in [0.29, 0.717) is 18.0 Å². The highest BCUT2D eigenvalue weighted by atomic mass is 32.2. The minimum atomic E-state index is -0.0805. The fourth-order valence-electron chi connectivity index (χ4n) is 3.59. The molecule has 0 aromatic heterocycles. The molecule has 1 aliphatic rings. The van der Waals surface area contributed by atoms with E-state index in [1.807, 2.05) is 41.3 Å². The summed E-state index contributed by atoms with van der Waals surface area (Å²) < 4.78 is 10.7. The summed E-state index contributed by atoms with van der Waals surface area (Å²) in [5, 5.41) is 11.9. The van der Waals surface area contributed by atoms with Crippen molar-refractivity contribution in [3.05, 3.63) is 65.7 Å². The lowest BCUT2D eigenvalue weighted by atomic mass is 10.0. The number of amides is 1. The highest BCUT2D eigenvalue weighted by molar-refractivity contribution is 8.00. The predicted octanol–water partition coefficient (Wildman–Crippen LogP) is 4.34. The molecule has 3 aromatic rings. The van der Waals surface area contributed by atoms with Crippen LogP contribution in [0.5, 0.6) is 17.2 Å². The van der Waals surface area contributed by atoms with Gasteiger partial charge in [-0.25, -0.2) is 0 Å². The number of ether oxygens (including phenoxy) is 2. The SMILES string of the molecule is COc1cc(CN2C(=O)CSC2c2ccc(OC)c3ccccc23)ccc1O. The van der Waals surface area contributed by atoms with Gasteiger partial charge in [0, 0.05) is 11.9 Å². The highest BCUT2D eigenvalue weighted by Crippen LogP contribution is 2.44. The summed E-state index contributed by atoms with van der Waals surface area (Å²) in [6.45, 7) is 0.452. The van der Waals surface area contributed by atoms with Gasteiger partial charge in [0.25, 0.3) is 0 Å². The zero-order valence-corrected chi connectivity index (χ0v) is 16.5. The molecule has 3 aromatic carbocycles. The molecule has 1 aliphatic heterocycles. The Balaban J connectivity index is 1.72. The van der Waals surface area contributed by atoms with Crippen LogP contribution in [0.25, 0.3) is 10.8 Å². The number of rotatable bonds is 5. The zero-order chi connectivity index (χ0) is 19.7. The molecule has 1 heterocycles. The molecule has 1 unspecified atom stereocenters. The third-order valence-corrected chi connectivity index (χ3v) is 6.21. The molecule has 6 heteroatoms. The molecule has 5 nitrogen and oxygen atoms in total. The van der Waals surface area contributed by atoms with Crippen molar-refractivity contribution in [3.8, 4) is 17.2 Å². The third-order valence-electron chi connectivity index (χ3n) is 4.97. The van der Waals surface area contributed by atoms with E-state index < -0.39 is 0 Å². The second kappa shape index (κ2) is 7.64. The lowest BCUT2D eigenvalue weighted by molar-refractivity contribution is -0.128. The number of hydrogen-bond donors (Lipinski definition) is 1.